The van der Waals surface area contributed by atoms with Gasteiger partial charge in [-0.15, -0.1) is 0 Å². The number of carbonyl (C=O) groups is 2. The first kappa shape index (κ1) is 21.0. The lowest BCUT2D eigenvalue weighted by Gasteiger charge is -2.14. The summed E-state index contributed by atoms with van der Waals surface area (Å²) in [7, 11) is 1.48. The van der Waals surface area contributed by atoms with Gasteiger partial charge >= 0.3 is 0 Å². The Morgan fingerprint density at radius 2 is 1.43 bits per heavy atom. The summed E-state index contributed by atoms with van der Waals surface area (Å²) in [5, 5.41) is 7.03. The monoisotopic (exact) mass is 401 g/mol. The number of carbonyl (C=O) groups excluding carboxylic acids is 2. The molecule has 0 saturated heterocycles. The summed E-state index contributed by atoms with van der Waals surface area (Å²) in [6.45, 7) is 1.79. The summed E-state index contributed by atoms with van der Waals surface area (Å²) in [6.07, 6.45) is -0.738. The first-order valence-corrected chi connectivity index (χ1v) is 9.47. The Hall–Kier alpha value is -3.77. The molecule has 1 atom stereocenters. The van der Waals surface area contributed by atoms with Crippen LogP contribution in [0.15, 0.2) is 90.0 Å². The van der Waals surface area contributed by atoms with Gasteiger partial charge in [0.05, 0.1) is 5.71 Å². The Kier molecular flexibility index (Phi) is 7.08. The quantitative estimate of drug-likeness (QED) is 0.461. The van der Waals surface area contributed by atoms with Gasteiger partial charge in [0.2, 0.25) is 0 Å². The predicted molar refractivity (Wildman–Crippen MR) is 117 cm³/mol. The van der Waals surface area contributed by atoms with Crippen molar-refractivity contribution in [2.45, 2.75) is 13.0 Å². The Balaban J connectivity index is 1.62. The fraction of sp³-hybridized carbons (Fsp3) is 0.125. The van der Waals surface area contributed by atoms with Crippen molar-refractivity contribution >= 4 is 23.2 Å². The van der Waals surface area contributed by atoms with Gasteiger partial charge in [0, 0.05) is 18.4 Å². The Labute approximate surface area is 175 Å². The Morgan fingerprint density at radius 3 is 2.03 bits per heavy atom. The van der Waals surface area contributed by atoms with E-state index < -0.39 is 6.10 Å². The fourth-order valence-corrected chi connectivity index (χ4v) is 2.87. The maximum Gasteiger partial charge on any atom is 0.273 e. The van der Waals surface area contributed by atoms with Gasteiger partial charge in [0.15, 0.2) is 6.10 Å². The molecule has 0 fully saturated rings. The van der Waals surface area contributed by atoms with Crippen molar-refractivity contribution in [3.05, 3.63) is 102 Å². The number of methoxy groups -OCH3 is 1. The normalized spacial score (nSPS) is 12.1. The molecular formula is C24H23N3O3. The number of anilines is 1. The fourth-order valence-electron chi connectivity index (χ4n) is 2.87. The molecule has 0 radical (unpaired) electrons. The lowest BCUT2D eigenvalue weighted by molar-refractivity contribution is -0.131. The van der Waals surface area contributed by atoms with Gasteiger partial charge in [-0.05, 0) is 42.3 Å². The smallest absolute Gasteiger partial charge is 0.273 e. The van der Waals surface area contributed by atoms with Gasteiger partial charge in [-0.25, -0.2) is 5.43 Å². The van der Waals surface area contributed by atoms with Gasteiger partial charge in [-0.2, -0.15) is 5.10 Å². The van der Waals surface area contributed by atoms with Crippen LogP contribution in [0.1, 0.15) is 34.5 Å². The van der Waals surface area contributed by atoms with E-state index in [0.717, 1.165) is 11.1 Å². The third-order valence-corrected chi connectivity index (χ3v) is 4.51. The lowest BCUT2D eigenvalue weighted by atomic mass is 10.1. The molecule has 3 aromatic carbocycles. The third kappa shape index (κ3) is 5.40. The number of amides is 2. The minimum Gasteiger partial charge on any atom is -0.367 e. The van der Waals surface area contributed by atoms with E-state index in [1.54, 1.807) is 31.2 Å². The minimum absolute atomic E-state index is 0.174. The van der Waals surface area contributed by atoms with E-state index in [9.17, 15) is 9.59 Å². The standard InChI is InChI=1S/C24H23N3O3/c1-17(26-27-24(29)22(30-2)19-9-5-3-6-10-19)18-13-15-21(16-14-18)25-23(28)20-11-7-4-8-12-20/h3-16,22H,1-2H3,(H,25,28)(H,27,29). The largest absolute Gasteiger partial charge is 0.367 e. The summed E-state index contributed by atoms with van der Waals surface area (Å²) >= 11 is 0. The lowest BCUT2D eigenvalue weighted by Crippen LogP contribution is -2.27. The molecule has 6 heteroatoms. The van der Waals surface area contributed by atoms with E-state index in [1.165, 1.54) is 7.11 Å². The van der Waals surface area contributed by atoms with Crippen molar-refractivity contribution in [1.82, 2.24) is 5.43 Å². The van der Waals surface area contributed by atoms with Crippen molar-refractivity contribution in [3.8, 4) is 0 Å². The molecule has 2 N–H and O–H groups in total. The van der Waals surface area contributed by atoms with E-state index in [1.807, 2.05) is 60.7 Å². The zero-order valence-corrected chi connectivity index (χ0v) is 16.8. The van der Waals surface area contributed by atoms with Crippen LogP contribution in [0.25, 0.3) is 0 Å². The highest BCUT2D eigenvalue weighted by molar-refractivity contribution is 6.05. The number of hydrogen-bond acceptors (Lipinski definition) is 4. The highest BCUT2D eigenvalue weighted by atomic mass is 16.5. The number of hydrazone groups is 1. The van der Waals surface area contributed by atoms with Gasteiger partial charge < -0.3 is 10.1 Å². The van der Waals surface area contributed by atoms with Crippen LogP contribution in [0.5, 0.6) is 0 Å². The number of nitrogens with one attached hydrogen (secondary N) is 2. The van der Waals surface area contributed by atoms with Crippen molar-refractivity contribution < 1.29 is 14.3 Å². The molecule has 30 heavy (non-hydrogen) atoms. The summed E-state index contributed by atoms with van der Waals surface area (Å²) in [4.78, 5) is 24.7. The summed E-state index contributed by atoms with van der Waals surface area (Å²) in [6, 6.07) is 25.5. The van der Waals surface area contributed by atoms with E-state index in [0.29, 0.717) is 17.0 Å². The maximum absolute atomic E-state index is 12.4. The Bertz CT molecular complexity index is 1020. The molecule has 0 saturated carbocycles. The van der Waals surface area contributed by atoms with Crippen LogP contribution < -0.4 is 10.7 Å². The summed E-state index contributed by atoms with van der Waals surface area (Å²) in [5.41, 5.74) is 6.02. The molecular weight excluding hydrogens is 378 g/mol. The molecule has 0 bridgehead atoms. The molecule has 2 amide bonds. The highest BCUT2D eigenvalue weighted by Crippen LogP contribution is 2.16. The second-order valence-corrected chi connectivity index (χ2v) is 6.60. The first-order chi connectivity index (χ1) is 14.6. The van der Waals surface area contributed by atoms with Gasteiger partial charge in [0.1, 0.15) is 0 Å². The van der Waals surface area contributed by atoms with E-state index in [-0.39, 0.29) is 11.8 Å². The topological polar surface area (TPSA) is 79.8 Å². The zero-order chi connectivity index (χ0) is 21.3. The average Bonchev–Trinajstić information content (AvgIpc) is 2.79. The van der Waals surface area contributed by atoms with Crippen molar-refractivity contribution in [3.63, 3.8) is 0 Å². The van der Waals surface area contributed by atoms with E-state index in [2.05, 4.69) is 15.8 Å². The van der Waals surface area contributed by atoms with E-state index >= 15 is 0 Å². The SMILES string of the molecule is COC(C(=O)NN=C(C)c1ccc(NC(=O)c2ccccc2)cc1)c1ccccc1. The Morgan fingerprint density at radius 1 is 0.833 bits per heavy atom. The van der Waals surface area contributed by atoms with Gasteiger partial charge in [-0.1, -0.05) is 60.7 Å². The number of benzene rings is 3. The average molecular weight is 401 g/mol. The number of nitrogens with zero attached hydrogens (tertiary/aromatic N) is 1. The number of ether oxygens (including phenoxy) is 1. The second-order valence-electron chi connectivity index (χ2n) is 6.60. The molecule has 152 valence electrons. The molecule has 0 heterocycles. The molecule has 0 spiro atoms. The first-order valence-electron chi connectivity index (χ1n) is 9.47. The zero-order valence-electron chi connectivity index (χ0n) is 16.8. The van der Waals surface area contributed by atoms with Crippen LogP contribution in [-0.4, -0.2) is 24.6 Å². The second kappa shape index (κ2) is 10.1. The van der Waals surface area contributed by atoms with Crippen LogP contribution in [-0.2, 0) is 9.53 Å². The van der Waals surface area contributed by atoms with Gasteiger partial charge in [0.25, 0.3) is 11.8 Å². The molecule has 3 aromatic rings. The van der Waals surface area contributed by atoms with Crippen molar-refractivity contribution in [2.75, 3.05) is 12.4 Å². The van der Waals surface area contributed by atoms with Crippen LogP contribution in [0.2, 0.25) is 0 Å². The summed E-state index contributed by atoms with van der Waals surface area (Å²) in [5.74, 6) is -0.526. The molecule has 0 aliphatic carbocycles. The maximum atomic E-state index is 12.4. The highest BCUT2D eigenvalue weighted by Gasteiger charge is 2.19. The summed E-state index contributed by atoms with van der Waals surface area (Å²) < 4.78 is 5.30. The van der Waals surface area contributed by atoms with Crippen molar-refractivity contribution in [1.29, 1.82) is 0 Å². The van der Waals surface area contributed by atoms with Crippen LogP contribution >= 0.6 is 0 Å². The third-order valence-electron chi connectivity index (χ3n) is 4.51. The van der Waals surface area contributed by atoms with Crippen LogP contribution in [0, 0.1) is 0 Å². The van der Waals surface area contributed by atoms with E-state index in [4.69, 9.17) is 4.74 Å². The molecule has 0 aromatic heterocycles. The van der Waals surface area contributed by atoms with Crippen LogP contribution in [0.4, 0.5) is 5.69 Å². The van der Waals surface area contributed by atoms with Crippen LogP contribution in [0.3, 0.4) is 0 Å². The molecule has 0 aliphatic rings. The number of rotatable bonds is 7. The minimum atomic E-state index is -0.738. The van der Waals surface area contributed by atoms with Gasteiger partial charge in [-0.3, -0.25) is 9.59 Å². The molecule has 6 nitrogen and oxygen atoms in total. The number of hydrogen-bond donors (Lipinski definition) is 2. The van der Waals surface area contributed by atoms with Crippen molar-refractivity contribution in [2.24, 2.45) is 5.10 Å². The molecule has 3 rings (SSSR count). The molecule has 0 aliphatic heterocycles. The molecule has 1 unspecified atom stereocenters. The predicted octanol–water partition coefficient (Wildman–Crippen LogP) is 4.17.